The normalized spacial score (nSPS) is 20.9. The number of hydrazone groups is 1. The van der Waals surface area contributed by atoms with E-state index in [-0.39, 0.29) is 12.6 Å². The molecule has 0 spiro atoms. The minimum atomic E-state index is -0.534. The monoisotopic (exact) mass is 321 g/mol. The van der Waals surface area contributed by atoms with Gasteiger partial charge in [-0.2, -0.15) is 5.10 Å². The Labute approximate surface area is 131 Å². The second-order valence-corrected chi connectivity index (χ2v) is 5.18. The molecule has 0 radical (unpaired) electrons. The molecule has 0 bridgehead atoms. The van der Waals surface area contributed by atoms with Crippen LogP contribution in [0.4, 0.5) is 20.6 Å². The van der Waals surface area contributed by atoms with Gasteiger partial charge in [0.1, 0.15) is 18.3 Å². The van der Waals surface area contributed by atoms with Crippen molar-refractivity contribution in [3.8, 4) is 0 Å². The summed E-state index contributed by atoms with van der Waals surface area (Å²) >= 11 is 0. The maximum Gasteiger partial charge on any atom is 0.414 e. The number of carbonyl (C=O) groups is 2. The predicted molar refractivity (Wildman–Crippen MR) is 81.7 cm³/mol. The minimum Gasteiger partial charge on any atom is -0.443 e. The molecule has 1 atom stereocenters. The summed E-state index contributed by atoms with van der Waals surface area (Å²) in [5.41, 5.74) is 6.22. The van der Waals surface area contributed by atoms with Gasteiger partial charge < -0.3 is 15.4 Å². The number of amides is 2. The Morgan fingerprint density at radius 1 is 1.43 bits per heavy atom. The highest BCUT2D eigenvalue weighted by molar-refractivity contribution is 5.90. The van der Waals surface area contributed by atoms with Gasteiger partial charge in [-0.05, 0) is 18.2 Å². The van der Waals surface area contributed by atoms with Crippen molar-refractivity contribution in [2.24, 2.45) is 10.8 Å². The number of hydrogen-bond donors (Lipinski definition) is 1. The van der Waals surface area contributed by atoms with Crippen molar-refractivity contribution in [1.29, 1.82) is 0 Å². The standard InChI is InChI=1S/C14H16FN5O3/c15-12-5-10(20-7-11(6-16)23-14(20)22)1-2-13(12)18-3-4-19(9-21)17-8-18/h1-2,5,8-9,11H,3-4,6-7,16H2. The van der Waals surface area contributed by atoms with Crippen LogP contribution in [0.3, 0.4) is 0 Å². The Balaban J connectivity index is 1.79. The third-order valence-electron chi connectivity index (χ3n) is 3.72. The van der Waals surface area contributed by atoms with Crippen LogP contribution < -0.4 is 15.5 Å². The maximum atomic E-state index is 14.4. The van der Waals surface area contributed by atoms with Gasteiger partial charge in [-0.25, -0.2) is 14.2 Å². The van der Waals surface area contributed by atoms with Gasteiger partial charge in [-0.3, -0.25) is 9.69 Å². The zero-order valence-corrected chi connectivity index (χ0v) is 12.3. The van der Waals surface area contributed by atoms with E-state index < -0.39 is 11.9 Å². The molecule has 8 nitrogen and oxygen atoms in total. The van der Waals surface area contributed by atoms with Gasteiger partial charge in [-0.1, -0.05) is 0 Å². The van der Waals surface area contributed by atoms with Crippen molar-refractivity contribution in [2.45, 2.75) is 6.10 Å². The maximum absolute atomic E-state index is 14.4. The summed E-state index contributed by atoms with van der Waals surface area (Å²) in [6.45, 7) is 1.32. The molecular weight excluding hydrogens is 305 g/mol. The molecular formula is C14H16FN5O3. The van der Waals surface area contributed by atoms with Crippen LogP contribution >= 0.6 is 0 Å². The van der Waals surface area contributed by atoms with Gasteiger partial charge >= 0.3 is 6.09 Å². The average molecular weight is 321 g/mol. The Morgan fingerprint density at radius 2 is 2.26 bits per heavy atom. The fourth-order valence-corrected chi connectivity index (χ4v) is 2.47. The van der Waals surface area contributed by atoms with E-state index in [0.29, 0.717) is 37.4 Å². The summed E-state index contributed by atoms with van der Waals surface area (Å²) < 4.78 is 19.4. The van der Waals surface area contributed by atoms with Crippen LogP contribution in [-0.2, 0) is 9.53 Å². The molecule has 3 rings (SSSR count). The molecule has 0 aromatic heterocycles. The quantitative estimate of drug-likeness (QED) is 0.807. The topological polar surface area (TPSA) is 91.5 Å². The van der Waals surface area contributed by atoms with E-state index >= 15 is 0 Å². The van der Waals surface area contributed by atoms with E-state index in [1.165, 1.54) is 22.3 Å². The Kier molecular flexibility index (Phi) is 4.11. The van der Waals surface area contributed by atoms with Gasteiger partial charge in [0.15, 0.2) is 0 Å². The number of anilines is 2. The van der Waals surface area contributed by atoms with Crippen LogP contribution in [0.2, 0.25) is 0 Å². The highest BCUT2D eigenvalue weighted by atomic mass is 19.1. The van der Waals surface area contributed by atoms with Crippen LogP contribution in [0.25, 0.3) is 0 Å². The second kappa shape index (κ2) is 6.21. The number of cyclic esters (lactones) is 1. The van der Waals surface area contributed by atoms with Crippen molar-refractivity contribution in [3.05, 3.63) is 24.0 Å². The molecule has 2 N–H and O–H groups in total. The first kappa shape index (κ1) is 15.2. The number of carbonyl (C=O) groups excluding carboxylic acids is 2. The first-order valence-corrected chi connectivity index (χ1v) is 7.13. The molecule has 1 unspecified atom stereocenters. The Bertz CT molecular complexity index is 653. The van der Waals surface area contributed by atoms with Gasteiger partial charge in [0, 0.05) is 13.1 Å². The highest BCUT2D eigenvalue weighted by Gasteiger charge is 2.32. The third-order valence-corrected chi connectivity index (χ3v) is 3.72. The fourth-order valence-electron chi connectivity index (χ4n) is 2.47. The number of ether oxygens (including phenoxy) is 1. The Hall–Kier alpha value is -2.68. The summed E-state index contributed by atoms with van der Waals surface area (Å²) in [7, 11) is 0. The molecule has 122 valence electrons. The number of hydrogen-bond acceptors (Lipinski definition) is 6. The van der Waals surface area contributed by atoms with Crippen LogP contribution in [0.1, 0.15) is 0 Å². The molecule has 1 saturated heterocycles. The molecule has 1 aromatic carbocycles. The summed E-state index contributed by atoms with van der Waals surface area (Å²) in [4.78, 5) is 25.3. The van der Waals surface area contributed by atoms with Crippen LogP contribution in [-0.4, -0.2) is 56.1 Å². The van der Waals surface area contributed by atoms with E-state index in [9.17, 15) is 14.0 Å². The van der Waals surface area contributed by atoms with Gasteiger partial charge in [0.05, 0.1) is 24.5 Å². The summed E-state index contributed by atoms with van der Waals surface area (Å²) in [5.74, 6) is -0.488. The molecule has 1 fully saturated rings. The predicted octanol–water partition coefficient (Wildman–Crippen LogP) is 0.331. The fraction of sp³-hybridized carbons (Fsp3) is 0.357. The van der Waals surface area contributed by atoms with E-state index in [1.54, 1.807) is 17.0 Å². The van der Waals surface area contributed by atoms with Crippen molar-refractivity contribution >= 4 is 30.2 Å². The lowest BCUT2D eigenvalue weighted by atomic mass is 10.2. The van der Waals surface area contributed by atoms with Crippen LogP contribution in [0.15, 0.2) is 23.3 Å². The van der Waals surface area contributed by atoms with Gasteiger partial charge in [-0.15, -0.1) is 0 Å². The molecule has 9 heteroatoms. The number of benzene rings is 1. The average Bonchev–Trinajstić information content (AvgIpc) is 2.96. The van der Waals surface area contributed by atoms with Crippen molar-refractivity contribution < 1.29 is 18.7 Å². The summed E-state index contributed by atoms with van der Waals surface area (Å²) in [5, 5.41) is 5.11. The minimum absolute atomic E-state index is 0.222. The first-order valence-electron chi connectivity index (χ1n) is 7.13. The number of nitrogens with zero attached hydrogens (tertiary/aromatic N) is 4. The lowest BCUT2D eigenvalue weighted by Crippen LogP contribution is -2.37. The van der Waals surface area contributed by atoms with Gasteiger partial charge in [0.2, 0.25) is 6.41 Å². The molecule has 2 heterocycles. The summed E-state index contributed by atoms with van der Waals surface area (Å²) in [6.07, 6.45) is 1.09. The van der Waals surface area contributed by atoms with Crippen LogP contribution in [0.5, 0.6) is 0 Å². The number of halogens is 1. The van der Waals surface area contributed by atoms with E-state index in [2.05, 4.69) is 5.10 Å². The van der Waals surface area contributed by atoms with E-state index in [1.807, 2.05) is 0 Å². The summed E-state index contributed by atoms with van der Waals surface area (Å²) in [6, 6.07) is 4.48. The van der Waals surface area contributed by atoms with Gasteiger partial charge in [0.25, 0.3) is 0 Å². The largest absolute Gasteiger partial charge is 0.443 e. The van der Waals surface area contributed by atoms with E-state index in [4.69, 9.17) is 10.5 Å². The van der Waals surface area contributed by atoms with Crippen LogP contribution in [0, 0.1) is 5.82 Å². The molecule has 2 amide bonds. The molecule has 0 aliphatic carbocycles. The number of rotatable bonds is 4. The van der Waals surface area contributed by atoms with Crippen molar-refractivity contribution in [3.63, 3.8) is 0 Å². The van der Waals surface area contributed by atoms with Crippen molar-refractivity contribution in [2.75, 3.05) is 36.0 Å². The molecule has 1 aromatic rings. The first-order chi connectivity index (χ1) is 11.1. The molecule has 2 aliphatic rings. The zero-order valence-electron chi connectivity index (χ0n) is 12.3. The van der Waals surface area contributed by atoms with E-state index in [0.717, 1.165) is 0 Å². The zero-order chi connectivity index (χ0) is 16.4. The number of nitrogens with two attached hydrogens (primary N) is 1. The lowest BCUT2D eigenvalue weighted by Gasteiger charge is -2.27. The third kappa shape index (κ3) is 2.95. The molecule has 2 aliphatic heterocycles. The molecule has 23 heavy (non-hydrogen) atoms. The lowest BCUT2D eigenvalue weighted by molar-refractivity contribution is -0.118. The Morgan fingerprint density at radius 3 is 2.83 bits per heavy atom. The highest BCUT2D eigenvalue weighted by Crippen LogP contribution is 2.27. The molecule has 0 saturated carbocycles. The van der Waals surface area contributed by atoms with Crippen molar-refractivity contribution in [1.82, 2.24) is 5.01 Å². The smallest absolute Gasteiger partial charge is 0.414 e. The second-order valence-electron chi connectivity index (χ2n) is 5.18. The SMILES string of the molecule is NCC1CN(c2ccc(N3C=NN(C=O)CC3)c(F)c2)C(=O)O1.